The van der Waals surface area contributed by atoms with Crippen molar-refractivity contribution in [2.24, 2.45) is 0 Å². The van der Waals surface area contributed by atoms with Crippen LogP contribution in [0.5, 0.6) is 0 Å². The molecule has 1 aliphatic rings. The highest BCUT2D eigenvalue weighted by atomic mass is 15.3. The third-order valence-corrected chi connectivity index (χ3v) is 5.50. The molecule has 2 heterocycles. The van der Waals surface area contributed by atoms with Crippen LogP contribution in [0.15, 0.2) is 60.7 Å². The van der Waals surface area contributed by atoms with Gasteiger partial charge in [-0.2, -0.15) is 4.98 Å². The lowest BCUT2D eigenvalue weighted by molar-refractivity contribution is 0.427. The van der Waals surface area contributed by atoms with Gasteiger partial charge in [0.25, 0.3) is 0 Å². The van der Waals surface area contributed by atoms with Gasteiger partial charge < -0.3 is 10.2 Å². The fraction of sp³-hybridized carbons (Fsp3) is 0.333. The smallest absolute Gasteiger partial charge is 0.225 e. The molecule has 2 aromatic carbocycles. The summed E-state index contributed by atoms with van der Waals surface area (Å²) in [6.45, 7) is 8.34. The average Bonchev–Trinajstić information content (AvgIpc) is 2.71. The highest BCUT2D eigenvalue weighted by molar-refractivity contribution is 5.51. The van der Waals surface area contributed by atoms with E-state index in [9.17, 15) is 0 Å². The molecule has 0 aliphatic carbocycles. The van der Waals surface area contributed by atoms with Crippen LogP contribution in [0.4, 0.5) is 11.8 Å². The van der Waals surface area contributed by atoms with Crippen molar-refractivity contribution >= 4 is 11.8 Å². The van der Waals surface area contributed by atoms with Crippen LogP contribution in [-0.2, 0) is 25.9 Å². The maximum atomic E-state index is 4.89. The molecule has 144 valence electrons. The van der Waals surface area contributed by atoms with Gasteiger partial charge in [0.1, 0.15) is 5.82 Å². The van der Waals surface area contributed by atoms with E-state index in [1.807, 2.05) is 6.07 Å². The Balaban J connectivity index is 1.63. The molecular formula is C24H28N4. The Hall–Kier alpha value is -2.88. The molecular weight excluding hydrogens is 344 g/mol. The number of benzene rings is 2. The first-order valence-electron chi connectivity index (χ1n) is 10.1. The molecule has 0 unspecified atom stereocenters. The van der Waals surface area contributed by atoms with E-state index in [1.54, 1.807) is 0 Å². The second kappa shape index (κ2) is 7.63. The molecule has 0 radical (unpaired) electrons. The van der Waals surface area contributed by atoms with Crippen LogP contribution in [0.2, 0.25) is 0 Å². The van der Waals surface area contributed by atoms with E-state index in [0.29, 0.717) is 5.95 Å². The zero-order chi connectivity index (χ0) is 19.6. The highest BCUT2D eigenvalue weighted by Gasteiger charge is 2.33. The van der Waals surface area contributed by atoms with Gasteiger partial charge in [0.2, 0.25) is 5.95 Å². The van der Waals surface area contributed by atoms with Gasteiger partial charge in [0.05, 0.1) is 0 Å². The van der Waals surface area contributed by atoms with Gasteiger partial charge in [-0.1, -0.05) is 61.5 Å². The summed E-state index contributed by atoms with van der Waals surface area (Å²) in [6, 6.07) is 21.3. The highest BCUT2D eigenvalue weighted by Crippen LogP contribution is 2.34. The Kier molecular flexibility index (Phi) is 5.03. The molecule has 4 nitrogen and oxygen atoms in total. The van der Waals surface area contributed by atoms with Gasteiger partial charge in [-0.25, -0.2) is 4.98 Å². The van der Waals surface area contributed by atoms with Gasteiger partial charge in [0, 0.05) is 30.4 Å². The first-order valence-corrected chi connectivity index (χ1v) is 10.1. The minimum absolute atomic E-state index is 0.00438. The van der Waals surface area contributed by atoms with Crippen molar-refractivity contribution in [2.45, 2.75) is 52.2 Å². The van der Waals surface area contributed by atoms with Crippen molar-refractivity contribution in [1.82, 2.24) is 9.97 Å². The van der Waals surface area contributed by atoms with Crippen LogP contribution in [0.1, 0.15) is 43.2 Å². The SMILES string of the molecule is CCc1cc(N2Cc3ccccc3CC2(C)C)nc(NCc2ccccc2)n1. The molecule has 1 N–H and O–H groups in total. The van der Waals surface area contributed by atoms with Crippen molar-refractivity contribution in [2.75, 3.05) is 10.2 Å². The third-order valence-electron chi connectivity index (χ3n) is 5.50. The average molecular weight is 373 g/mol. The molecule has 1 aliphatic heterocycles. The van der Waals surface area contributed by atoms with Crippen molar-refractivity contribution in [3.8, 4) is 0 Å². The monoisotopic (exact) mass is 372 g/mol. The molecule has 3 aromatic rings. The molecule has 1 aromatic heterocycles. The number of nitrogens with zero attached hydrogens (tertiary/aromatic N) is 3. The lowest BCUT2D eigenvalue weighted by Crippen LogP contribution is -2.49. The fourth-order valence-corrected chi connectivity index (χ4v) is 3.88. The second-order valence-corrected chi connectivity index (χ2v) is 8.08. The maximum absolute atomic E-state index is 4.89. The summed E-state index contributed by atoms with van der Waals surface area (Å²) in [5, 5.41) is 3.41. The van der Waals surface area contributed by atoms with Gasteiger partial charge in [0.15, 0.2) is 0 Å². The molecule has 0 spiro atoms. The Morgan fingerprint density at radius 1 is 0.964 bits per heavy atom. The van der Waals surface area contributed by atoms with Crippen LogP contribution in [0, 0.1) is 0 Å². The van der Waals surface area contributed by atoms with Crippen molar-refractivity contribution in [3.63, 3.8) is 0 Å². The zero-order valence-corrected chi connectivity index (χ0v) is 16.9. The number of aryl methyl sites for hydroxylation is 1. The number of fused-ring (bicyclic) bond motifs is 1. The predicted molar refractivity (Wildman–Crippen MR) is 116 cm³/mol. The summed E-state index contributed by atoms with van der Waals surface area (Å²) in [4.78, 5) is 12.0. The molecule has 0 saturated carbocycles. The van der Waals surface area contributed by atoms with Gasteiger partial charge in [-0.05, 0) is 43.4 Å². The largest absolute Gasteiger partial charge is 0.350 e. The second-order valence-electron chi connectivity index (χ2n) is 8.08. The van der Waals surface area contributed by atoms with Gasteiger partial charge >= 0.3 is 0 Å². The quantitative estimate of drug-likeness (QED) is 0.685. The summed E-state index contributed by atoms with van der Waals surface area (Å²) in [7, 11) is 0. The number of rotatable bonds is 5. The summed E-state index contributed by atoms with van der Waals surface area (Å²) in [5.74, 6) is 1.70. The van der Waals surface area contributed by atoms with E-state index in [-0.39, 0.29) is 5.54 Å². The normalized spacial score (nSPS) is 15.2. The number of hydrogen-bond donors (Lipinski definition) is 1. The maximum Gasteiger partial charge on any atom is 0.225 e. The number of nitrogens with one attached hydrogen (secondary N) is 1. The van der Waals surface area contributed by atoms with E-state index in [2.05, 4.69) is 85.6 Å². The van der Waals surface area contributed by atoms with Crippen LogP contribution in [0.3, 0.4) is 0 Å². The van der Waals surface area contributed by atoms with Crippen molar-refractivity contribution < 1.29 is 0 Å². The van der Waals surface area contributed by atoms with Crippen LogP contribution >= 0.6 is 0 Å². The number of anilines is 2. The van der Waals surface area contributed by atoms with Crippen molar-refractivity contribution in [1.29, 1.82) is 0 Å². The molecule has 0 bridgehead atoms. The topological polar surface area (TPSA) is 41.1 Å². The molecule has 0 amide bonds. The zero-order valence-electron chi connectivity index (χ0n) is 16.9. The lowest BCUT2D eigenvalue weighted by atomic mass is 9.85. The summed E-state index contributed by atoms with van der Waals surface area (Å²) < 4.78 is 0. The predicted octanol–water partition coefficient (Wildman–Crippen LogP) is 4.99. The Morgan fingerprint density at radius 2 is 1.68 bits per heavy atom. The fourth-order valence-electron chi connectivity index (χ4n) is 3.88. The van der Waals surface area contributed by atoms with Crippen LogP contribution in [0.25, 0.3) is 0 Å². The summed E-state index contributed by atoms with van der Waals surface area (Å²) >= 11 is 0. The number of aromatic nitrogens is 2. The Morgan fingerprint density at radius 3 is 2.43 bits per heavy atom. The molecule has 28 heavy (non-hydrogen) atoms. The van der Waals surface area contributed by atoms with Gasteiger partial charge in [-0.15, -0.1) is 0 Å². The van der Waals surface area contributed by atoms with Crippen molar-refractivity contribution in [3.05, 3.63) is 83.0 Å². The molecule has 0 atom stereocenters. The first kappa shape index (κ1) is 18.5. The van der Waals surface area contributed by atoms with E-state index in [4.69, 9.17) is 9.97 Å². The van der Waals surface area contributed by atoms with E-state index >= 15 is 0 Å². The lowest BCUT2D eigenvalue weighted by Gasteiger charge is -2.44. The number of hydrogen-bond acceptors (Lipinski definition) is 4. The van der Waals surface area contributed by atoms with Crippen LogP contribution < -0.4 is 10.2 Å². The van der Waals surface area contributed by atoms with E-state index in [0.717, 1.165) is 37.4 Å². The standard InChI is InChI=1S/C24H28N4/c1-4-21-14-22(27-23(26-21)25-16-18-10-6-5-7-11-18)28-17-20-13-9-8-12-19(20)15-24(28,2)3/h5-14H,4,15-17H2,1-3H3,(H,25,26,27). The summed E-state index contributed by atoms with van der Waals surface area (Å²) in [6.07, 6.45) is 1.90. The molecule has 0 fully saturated rings. The summed E-state index contributed by atoms with van der Waals surface area (Å²) in [5.41, 5.74) is 5.12. The first-order chi connectivity index (χ1) is 13.5. The minimum Gasteiger partial charge on any atom is -0.350 e. The van der Waals surface area contributed by atoms with E-state index in [1.165, 1.54) is 16.7 Å². The van der Waals surface area contributed by atoms with E-state index < -0.39 is 0 Å². The molecule has 4 heteroatoms. The minimum atomic E-state index is 0.00438. The molecule has 4 rings (SSSR count). The van der Waals surface area contributed by atoms with Gasteiger partial charge in [-0.3, -0.25) is 0 Å². The third kappa shape index (κ3) is 3.86. The Bertz CT molecular complexity index is 950. The van der Waals surface area contributed by atoms with Crippen LogP contribution in [-0.4, -0.2) is 15.5 Å². The molecule has 0 saturated heterocycles. The Labute approximate surface area is 167 Å².